The number of fused-ring (bicyclic) bond motifs is 1. The molecule has 39 heavy (non-hydrogen) atoms. The summed E-state index contributed by atoms with van der Waals surface area (Å²) in [6.07, 6.45) is -1.02. The molecule has 2 atom stereocenters. The topological polar surface area (TPSA) is 121 Å². The summed E-state index contributed by atoms with van der Waals surface area (Å²) < 4.78 is 58.9. The third kappa shape index (κ3) is 6.12. The molecule has 208 valence electrons. The number of sulfonamides is 1. The molecular formula is C27H29FN2O8S. The normalized spacial score (nSPS) is 18.2. The number of benzene rings is 2. The van der Waals surface area contributed by atoms with Crippen molar-refractivity contribution >= 4 is 39.0 Å². The zero-order valence-corrected chi connectivity index (χ0v) is 23.0. The largest absolute Gasteiger partial charge is 0.457 e. The average Bonchev–Trinajstić information content (AvgIpc) is 3.39. The minimum Gasteiger partial charge on any atom is -0.457 e. The first-order chi connectivity index (χ1) is 18.2. The summed E-state index contributed by atoms with van der Waals surface area (Å²) >= 11 is 0. The van der Waals surface area contributed by atoms with Crippen LogP contribution in [0.25, 0.3) is 22.0 Å². The molecule has 1 saturated heterocycles. The number of ether oxygens (including phenoxy) is 3. The van der Waals surface area contributed by atoms with E-state index in [0.29, 0.717) is 22.0 Å². The number of aromatic nitrogens is 1. The predicted octanol–water partition coefficient (Wildman–Crippen LogP) is 4.10. The molecule has 1 aromatic heterocycles. The van der Waals surface area contributed by atoms with Crippen molar-refractivity contribution in [2.24, 2.45) is 0 Å². The van der Waals surface area contributed by atoms with Gasteiger partial charge in [-0.3, -0.25) is 14.2 Å². The Hall–Kier alpha value is -3.77. The first-order valence-corrected chi connectivity index (χ1v) is 13.6. The fourth-order valence-corrected chi connectivity index (χ4v) is 5.87. The number of nitrogens with zero attached hydrogens (tertiary/aromatic N) is 2. The second kappa shape index (κ2) is 10.4. The second-order valence-corrected chi connectivity index (χ2v) is 12.1. The number of esters is 2. The molecule has 0 N–H and O–H groups in total. The average molecular weight is 561 g/mol. The molecule has 1 aliphatic rings. The van der Waals surface area contributed by atoms with Crippen molar-refractivity contribution in [3.63, 3.8) is 0 Å². The van der Waals surface area contributed by atoms with Crippen LogP contribution in [-0.2, 0) is 33.8 Å². The lowest BCUT2D eigenvalue weighted by molar-refractivity contribution is -0.160. The molecule has 0 spiro atoms. The molecule has 1 aliphatic heterocycles. The van der Waals surface area contributed by atoms with Crippen LogP contribution in [0.4, 0.5) is 9.18 Å². The van der Waals surface area contributed by atoms with Gasteiger partial charge in [-0.05, 0) is 56.7 Å². The summed E-state index contributed by atoms with van der Waals surface area (Å²) in [6, 6.07) is 10.0. The summed E-state index contributed by atoms with van der Waals surface area (Å²) in [5.41, 5.74) is 0.701. The van der Waals surface area contributed by atoms with E-state index >= 15 is 0 Å². The Bertz CT molecular complexity index is 1520. The van der Waals surface area contributed by atoms with Crippen molar-refractivity contribution in [2.75, 3.05) is 13.1 Å². The zero-order chi connectivity index (χ0) is 28.7. The molecule has 0 amide bonds. The van der Waals surface area contributed by atoms with Crippen LogP contribution in [-0.4, -0.2) is 66.2 Å². The van der Waals surface area contributed by atoms with Gasteiger partial charge in [0, 0.05) is 31.0 Å². The van der Waals surface area contributed by atoms with Gasteiger partial charge in [-0.1, -0.05) is 12.1 Å². The van der Waals surface area contributed by atoms with Gasteiger partial charge in [0.25, 0.3) is 0 Å². The minimum atomic E-state index is -4.03. The Morgan fingerprint density at radius 3 is 2.00 bits per heavy atom. The van der Waals surface area contributed by atoms with Crippen molar-refractivity contribution < 1.29 is 41.4 Å². The number of hydrogen-bond acceptors (Lipinski definition) is 8. The highest BCUT2D eigenvalue weighted by Crippen LogP contribution is 2.33. The van der Waals surface area contributed by atoms with Crippen LogP contribution in [0, 0.1) is 5.82 Å². The van der Waals surface area contributed by atoms with E-state index in [-0.39, 0.29) is 18.0 Å². The van der Waals surface area contributed by atoms with Crippen molar-refractivity contribution in [1.29, 1.82) is 0 Å². The Morgan fingerprint density at radius 1 is 0.923 bits per heavy atom. The van der Waals surface area contributed by atoms with Crippen LogP contribution in [0.15, 0.2) is 53.6 Å². The van der Waals surface area contributed by atoms with Gasteiger partial charge in [-0.2, -0.15) is 4.31 Å². The smallest absolute Gasteiger partial charge is 0.419 e. The Labute approximate surface area is 225 Å². The summed E-state index contributed by atoms with van der Waals surface area (Å²) in [7, 11) is -4.03. The molecule has 0 bridgehead atoms. The van der Waals surface area contributed by atoms with Crippen molar-refractivity contribution in [1.82, 2.24) is 8.87 Å². The number of rotatable bonds is 5. The maximum Gasteiger partial charge on any atom is 0.419 e. The van der Waals surface area contributed by atoms with Gasteiger partial charge >= 0.3 is 18.0 Å². The van der Waals surface area contributed by atoms with Crippen molar-refractivity contribution in [3.8, 4) is 11.1 Å². The molecule has 2 aromatic carbocycles. The summed E-state index contributed by atoms with van der Waals surface area (Å²) in [5.74, 6) is -1.76. The molecule has 3 aromatic rings. The van der Waals surface area contributed by atoms with Gasteiger partial charge in [0.1, 0.15) is 11.4 Å². The summed E-state index contributed by atoms with van der Waals surface area (Å²) in [6.45, 7) is 7.21. The van der Waals surface area contributed by atoms with Crippen LogP contribution in [0.1, 0.15) is 34.6 Å². The molecule has 1 fully saturated rings. The SMILES string of the molecule is CC(=O)O[C@H]1CN(S(=O)(=O)c2ccc(-c3cn(C(=O)OC(C)(C)C)c4cc(F)ccc34)cc2)C[C@@H]1OC(C)=O. The Morgan fingerprint density at radius 2 is 1.49 bits per heavy atom. The van der Waals surface area contributed by atoms with E-state index in [9.17, 15) is 27.2 Å². The number of halogens is 1. The highest BCUT2D eigenvalue weighted by atomic mass is 32.2. The number of carbonyl (C=O) groups is 3. The third-order valence-electron chi connectivity index (χ3n) is 5.98. The van der Waals surface area contributed by atoms with E-state index in [0.717, 1.165) is 4.31 Å². The highest BCUT2D eigenvalue weighted by molar-refractivity contribution is 7.89. The van der Waals surface area contributed by atoms with E-state index in [1.165, 1.54) is 48.9 Å². The van der Waals surface area contributed by atoms with E-state index in [4.69, 9.17) is 14.2 Å². The molecule has 12 heteroatoms. The van der Waals surface area contributed by atoms with Crippen LogP contribution < -0.4 is 0 Å². The standard InChI is InChI=1S/C27H29FN2O8S/c1-16(31)36-24-14-29(15-25(24)37-17(2)32)39(34,35)20-9-6-18(7-10-20)22-13-30(26(33)38-27(3,4)5)23-12-19(28)8-11-21(22)23/h6-13,24-25H,14-15H2,1-5H3/t24-,25-/m0/s1. The number of carbonyl (C=O) groups excluding carboxylic acids is 3. The first-order valence-electron chi connectivity index (χ1n) is 12.1. The summed E-state index contributed by atoms with van der Waals surface area (Å²) in [4.78, 5) is 35.7. The monoisotopic (exact) mass is 560 g/mol. The van der Waals surface area contributed by atoms with Crippen LogP contribution in [0.2, 0.25) is 0 Å². The Balaban J connectivity index is 1.65. The highest BCUT2D eigenvalue weighted by Gasteiger charge is 2.43. The maximum atomic E-state index is 14.1. The maximum absolute atomic E-state index is 14.1. The van der Waals surface area contributed by atoms with E-state index in [1.807, 2.05) is 0 Å². The lowest BCUT2D eigenvalue weighted by atomic mass is 10.1. The molecule has 0 saturated carbocycles. The molecule has 10 nitrogen and oxygen atoms in total. The van der Waals surface area contributed by atoms with Crippen LogP contribution in [0.3, 0.4) is 0 Å². The second-order valence-electron chi connectivity index (χ2n) is 10.2. The lowest BCUT2D eigenvalue weighted by Crippen LogP contribution is -2.32. The molecular weight excluding hydrogens is 531 g/mol. The van der Waals surface area contributed by atoms with E-state index < -0.39 is 51.7 Å². The van der Waals surface area contributed by atoms with Gasteiger partial charge in [0.15, 0.2) is 12.2 Å². The summed E-state index contributed by atoms with van der Waals surface area (Å²) in [5, 5.41) is 0.575. The van der Waals surface area contributed by atoms with Crippen LogP contribution >= 0.6 is 0 Å². The number of hydrogen-bond donors (Lipinski definition) is 0. The lowest BCUT2D eigenvalue weighted by Gasteiger charge is -2.19. The molecule has 0 unspecified atom stereocenters. The third-order valence-corrected chi connectivity index (χ3v) is 7.82. The molecule has 4 rings (SSSR count). The fraction of sp³-hybridized carbons (Fsp3) is 0.370. The van der Waals surface area contributed by atoms with E-state index in [2.05, 4.69) is 0 Å². The Kier molecular flexibility index (Phi) is 7.55. The zero-order valence-electron chi connectivity index (χ0n) is 22.1. The van der Waals surface area contributed by atoms with Gasteiger partial charge in [-0.25, -0.2) is 17.6 Å². The van der Waals surface area contributed by atoms with Crippen molar-refractivity contribution in [3.05, 3.63) is 54.5 Å². The van der Waals surface area contributed by atoms with Gasteiger partial charge in [0.2, 0.25) is 10.0 Å². The minimum absolute atomic E-state index is 0.0294. The van der Waals surface area contributed by atoms with Gasteiger partial charge in [-0.15, -0.1) is 0 Å². The van der Waals surface area contributed by atoms with Crippen LogP contribution in [0.5, 0.6) is 0 Å². The molecule has 2 heterocycles. The van der Waals surface area contributed by atoms with E-state index in [1.54, 1.807) is 39.0 Å². The quantitative estimate of drug-likeness (QED) is 0.338. The predicted molar refractivity (Wildman–Crippen MR) is 139 cm³/mol. The molecule has 0 aliphatic carbocycles. The van der Waals surface area contributed by atoms with Gasteiger partial charge < -0.3 is 14.2 Å². The molecule has 0 radical (unpaired) electrons. The van der Waals surface area contributed by atoms with Crippen molar-refractivity contribution in [2.45, 2.75) is 57.3 Å². The fourth-order valence-electron chi connectivity index (χ4n) is 4.41. The first kappa shape index (κ1) is 28.2. The van der Waals surface area contributed by atoms with Gasteiger partial charge in [0.05, 0.1) is 23.5 Å².